The van der Waals surface area contributed by atoms with Gasteiger partial charge in [-0.2, -0.15) is 0 Å². The Bertz CT molecular complexity index is 1110. The number of hydrogen-bond donors (Lipinski definition) is 2. The number of amides is 2. The van der Waals surface area contributed by atoms with Crippen LogP contribution in [0.4, 0.5) is 11.4 Å². The highest BCUT2D eigenvalue weighted by Crippen LogP contribution is 2.28. The van der Waals surface area contributed by atoms with Gasteiger partial charge in [0.2, 0.25) is 5.91 Å². The fraction of sp³-hybridized carbons (Fsp3) is 0.167. The molecule has 7 heteroatoms. The van der Waals surface area contributed by atoms with Crippen LogP contribution in [0, 0.1) is 13.8 Å². The van der Waals surface area contributed by atoms with Crippen molar-refractivity contribution in [1.82, 2.24) is 0 Å². The minimum atomic E-state index is -0.329. The van der Waals surface area contributed by atoms with Gasteiger partial charge in [0.1, 0.15) is 0 Å². The highest BCUT2D eigenvalue weighted by atomic mass is 35.5. The smallest absolute Gasteiger partial charge is 0.257 e. The number of nitrogens with one attached hydrogen (secondary N) is 2. The first-order valence-corrected chi connectivity index (χ1v) is 11.3. The summed E-state index contributed by atoms with van der Waals surface area (Å²) in [5, 5.41) is 6.29. The first kappa shape index (κ1) is 23.2. The molecule has 0 aliphatic carbocycles. The number of carbonyl (C=O) groups excluding carboxylic acids is 2. The van der Waals surface area contributed by atoms with Gasteiger partial charge >= 0.3 is 0 Å². The first-order valence-electron chi connectivity index (χ1n) is 9.65. The Labute approximate surface area is 196 Å². The maximum atomic E-state index is 12.7. The van der Waals surface area contributed by atoms with Crippen molar-refractivity contribution in [3.8, 4) is 0 Å². The molecule has 1 atom stereocenters. The number of halogens is 2. The Kier molecular flexibility index (Phi) is 7.65. The monoisotopic (exact) mass is 472 g/mol. The maximum absolute atomic E-state index is 12.7. The molecule has 0 spiro atoms. The van der Waals surface area contributed by atoms with Gasteiger partial charge in [-0.3, -0.25) is 9.59 Å². The molecule has 2 amide bonds. The van der Waals surface area contributed by atoms with Crippen LogP contribution in [-0.4, -0.2) is 17.1 Å². The fourth-order valence-corrected chi connectivity index (χ4v) is 4.43. The van der Waals surface area contributed by atoms with E-state index < -0.39 is 0 Å². The van der Waals surface area contributed by atoms with Crippen LogP contribution in [0.1, 0.15) is 28.4 Å². The molecule has 0 saturated heterocycles. The van der Waals surface area contributed by atoms with Crippen molar-refractivity contribution < 1.29 is 9.59 Å². The quantitative estimate of drug-likeness (QED) is 0.380. The molecule has 0 aromatic heterocycles. The van der Waals surface area contributed by atoms with E-state index in [1.54, 1.807) is 18.2 Å². The number of para-hydroxylation sites is 1. The van der Waals surface area contributed by atoms with E-state index in [1.807, 2.05) is 57.2 Å². The Morgan fingerprint density at radius 2 is 1.58 bits per heavy atom. The summed E-state index contributed by atoms with van der Waals surface area (Å²) in [7, 11) is 0. The molecule has 31 heavy (non-hydrogen) atoms. The van der Waals surface area contributed by atoms with Gasteiger partial charge in [0.15, 0.2) is 0 Å². The van der Waals surface area contributed by atoms with Gasteiger partial charge < -0.3 is 10.6 Å². The zero-order valence-corrected chi connectivity index (χ0v) is 19.7. The molecule has 0 aliphatic heterocycles. The van der Waals surface area contributed by atoms with Crippen LogP contribution < -0.4 is 10.6 Å². The van der Waals surface area contributed by atoms with Gasteiger partial charge in [0, 0.05) is 21.3 Å². The molecule has 160 valence electrons. The van der Waals surface area contributed by atoms with Crippen molar-refractivity contribution in [1.29, 1.82) is 0 Å². The van der Waals surface area contributed by atoms with E-state index in [0.29, 0.717) is 16.3 Å². The van der Waals surface area contributed by atoms with E-state index in [2.05, 4.69) is 10.6 Å². The third-order valence-electron chi connectivity index (χ3n) is 4.68. The van der Waals surface area contributed by atoms with E-state index in [-0.39, 0.29) is 22.1 Å². The molecule has 0 radical (unpaired) electrons. The summed E-state index contributed by atoms with van der Waals surface area (Å²) in [6.45, 7) is 5.80. The predicted octanol–water partition coefficient (Wildman–Crippen LogP) is 6.98. The number of anilines is 2. The van der Waals surface area contributed by atoms with Crippen LogP contribution in [0.2, 0.25) is 10.0 Å². The number of hydrogen-bond acceptors (Lipinski definition) is 3. The van der Waals surface area contributed by atoms with Crippen molar-refractivity contribution in [3.05, 3.63) is 87.4 Å². The molecule has 3 rings (SSSR count). The number of carbonyl (C=O) groups is 2. The van der Waals surface area contributed by atoms with Crippen LogP contribution in [0.3, 0.4) is 0 Å². The summed E-state index contributed by atoms with van der Waals surface area (Å²) < 4.78 is 0. The second-order valence-electron chi connectivity index (χ2n) is 7.12. The van der Waals surface area contributed by atoms with Crippen molar-refractivity contribution in [2.75, 3.05) is 10.6 Å². The van der Waals surface area contributed by atoms with Gasteiger partial charge in [-0.15, -0.1) is 11.8 Å². The van der Waals surface area contributed by atoms with Gasteiger partial charge in [0.05, 0.1) is 15.8 Å². The molecule has 2 N–H and O–H groups in total. The van der Waals surface area contributed by atoms with Crippen molar-refractivity contribution in [3.63, 3.8) is 0 Å². The summed E-state index contributed by atoms with van der Waals surface area (Å²) in [5.74, 6) is -0.408. The third-order valence-corrected chi connectivity index (χ3v) is 6.32. The normalized spacial score (nSPS) is 11.6. The summed E-state index contributed by atoms with van der Waals surface area (Å²) in [6.07, 6.45) is 0. The topological polar surface area (TPSA) is 58.2 Å². The van der Waals surface area contributed by atoms with Crippen LogP contribution in [-0.2, 0) is 4.79 Å². The molecule has 4 nitrogen and oxygen atoms in total. The summed E-state index contributed by atoms with van der Waals surface area (Å²) in [6, 6.07) is 18.0. The molecule has 3 aromatic rings. The zero-order chi connectivity index (χ0) is 22.5. The van der Waals surface area contributed by atoms with Crippen molar-refractivity contribution in [2.45, 2.75) is 30.9 Å². The summed E-state index contributed by atoms with van der Waals surface area (Å²) in [5.41, 5.74) is 3.85. The van der Waals surface area contributed by atoms with Crippen molar-refractivity contribution >= 4 is 58.2 Å². The van der Waals surface area contributed by atoms with E-state index >= 15 is 0 Å². The lowest BCUT2D eigenvalue weighted by Gasteiger charge is -2.16. The fourth-order valence-electron chi connectivity index (χ4n) is 3.01. The summed E-state index contributed by atoms with van der Waals surface area (Å²) >= 11 is 13.4. The van der Waals surface area contributed by atoms with Crippen LogP contribution in [0.15, 0.2) is 65.6 Å². The average molecular weight is 473 g/mol. The van der Waals surface area contributed by atoms with Crippen LogP contribution >= 0.6 is 35.0 Å². The van der Waals surface area contributed by atoms with Gasteiger partial charge in [-0.1, -0.05) is 47.5 Å². The number of aryl methyl sites for hydroxylation is 2. The average Bonchev–Trinajstić information content (AvgIpc) is 2.70. The zero-order valence-electron chi connectivity index (χ0n) is 17.3. The predicted molar refractivity (Wildman–Crippen MR) is 131 cm³/mol. The molecule has 0 bridgehead atoms. The Morgan fingerprint density at radius 1 is 0.903 bits per heavy atom. The minimum Gasteiger partial charge on any atom is -0.325 e. The van der Waals surface area contributed by atoms with E-state index in [1.165, 1.54) is 17.8 Å². The third kappa shape index (κ3) is 6.03. The van der Waals surface area contributed by atoms with Gasteiger partial charge in [-0.05, 0) is 68.3 Å². The molecular weight excluding hydrogens is 451 g/mol. The van der Waals surface area contributed by atoms with Crippen LogP contribution in [0.5, 0.6) is 0 Å². The molecule has 0 saturated carbocycles. The number of rotatable bonds is 6. The molecule has 3 aromatic carbocycles. The molecular formula is C24H22Cl2N2O2S. The standard InChI is InChI=1S/C24H22Cl2N2O2S/c1-14-6-4-7-15(2)22(14)28-23(29)16(3)31-19-9-5-8-18(13-19)27-24(30)20-11-10-17(25)12-21(20)26/h4-13,16H,1-3H3,(H,27,30)(H,28,29). The Hall–Kier alpha value is -2.47. The van der Waals surface area contributed by atoms with E-state index in [4.69, 9.17) is 23.2 Å². The van der Waals surface area contributed by atoms with Crippen LogP contribution in [0.25, 0.3) is 0 Å². The molecule has 1 unspecified atom stereocenters. The lowest BCUT2D eigenvalue weighted by atomic mass is 10.1. The lowest BCUT2D eigenvalue weighted by Crippen LogP contribution is -2.23. The first-order chi connectivity index (χ1) is 14.7. The number of thioether (sulfide) groups is 1. The molecule has 0 aliphatic rings. The second-order valence-corrected chi connectivity index (χ2v) is 9.38. The highest BCUT2D eigenvalue weighted by molar-refractivity contribution is 8.00. The van der Waals surface area contributed by atoms with Crippen molar-refractivity contribution in [2.24, 2.45) is 0 Å². The van der Waals surface area contributed by atoms with E-state index in [9.17, 15) is 9.59 Å². The molecule has 0 fully saturated rings. The second kappa shape index (κ2) is 10.2. The summed E-state index contributed by atoms with van der Waals surface area (Å²) in [4.78, 5) is 26.1. The number of benzene rings is 3. The Balaban J connectivity index is 1.67. The molecule has 0 heterocycles. The Morgan fingerprint density at radius 3 is 2.26 bits per heavy atom. The van der Waals surface area contributed by atoms with Gasteiger partial charge in [-0.25, -0.2) is 0 Å². The minimum absolute atomic E-state index is 0.0789. The highest BCUT2D eigenvalue weighted by Gasteiger charge is 2.17. The van der Waals surface area contributed by atoms with Gasteiger partial charge in [0.25, 0.3) is 5.91 Å². The largest absolute Gasteiger partial charge is 0.325 e. The lowest BCUT2D eigenvalue weighted by molar-refractivity contribution is -0.115. The maximum Gasteiger partial charge on any atom is 0.257 e. The SMILES string of the molecule is Cc1cccc(C)c1NC(=O)C(C)Sc1cccc(NC(=O)c2ccc(Cl)cc2Cl)c1. The van der Waals surface area contributed by atoms with E-state index in [0.717, 1.165) is 21.7 Å².